The lowest BCUT2D eigenvalue weighted by atomic mass is 9.93. The minimum Gasteiger partial charge on any atom is -0.486 e. The summed E-state index contributed by atoms with van der Waals surface area (Å²) in [4.78, 5) is 4.54. The highest BCUT2D eigenvalue weighted by Gasteiger charge is 2.20. The van der Waals surface area contributed by atoms with Gasteiger partial charge in [0.15, 0.2) is 17.5 Å². The number of hydrogen-bond donors (Lipinski definition) is 3. The standard InChI is InChI=1S/C18H28FN3O2/c1-3-20-18(22-14-8-10-15(23)11-9-14)21-12-13(2)24-17-7-5-4-6-16(17)19/h4-7,13-15,23H,3,8-12H2,1-2H3,(H2,20,21,22). The van der Waals surface area contributed by atoms with Crippen molar-refractivity contribution >= 4 is 5.96 Å². The van der Waals surface area contributed by atoms with Crippen LogP contribution < -0.4 is 15.4 Å². The molecule has 134 valence electrons. The van der Waals surface area contributed by atoms with Crippen molar-refractivity contribution in [2.45, 2.75) is 57.8 Å². The van der Waals surface area contributed by atoms with E-state index in [4.69, 9.17) is 4.74 Å². The highest BCUT2D eigenvalue weighted by atomic mass is 19.1. The summed E-state index contributed by atoms with van der Waals surface area (Å²) in [6.45, 7) is 5.08. The molecule has 1 unspecified atom stereocenters. The van der Waals surface area contributed by atoms with E-state index in [1.165, 1.54) is 6.07 Å². The molecular formula is C18H28FN3O2. The van der Waals surface area contributed by atoms with Gasteiger partial charge in [-0.2, -0.15) is 0 Å². The second-order valence-electron chi connectivity index (χ2n) is 6.23. The van der Waals surface area contributed by atoms with E-state index in [2.05, 4.69) is 15.6 Å². The average molecular weight is 337 g/mol. The predicted octanol–water partition coefficient (Wildman–Crippen LogP) is 2.45. The molecule has 0 aliphatic heterocycles. The molecule has 24 heavy (non-hydrogen) atoms. The van der Waals surface area contributed by atoms with E-state index in [0.29, 0.717) is 12.6 Å². The SMILES string of the molecule is CCNC(=NCC(C)Oc1ccccc1F)NC1CCC(O)CC1. The van der Waals surface area contributed by atoms with Crippen LogP contribution in [0.5, 0.6) is 5.75 Å². The zero-order valence-electron chi connectivity index (χ0n) is 14.5. The highest BCUT2D eigenvalue weighted by molar-refractivity contribution is 5.80. The van der Waals surface area contributed by atoms with Crippen molar-refractivity contribution in [1.29, 1.82) is 0 Å². The molecule has 0 amide bonds. The van der Waals surface area contributed by atoms with E-state index in [9.17, 15) is 9.50 Å². The van der Waals surface area contributed by atoms with Crippen molar-refractivity contribution in [3.05, 3.63) is 30.1 Å². The third-order valence-corrected chi connectivity index (χ3v) is 4.05. The molecule has 1 saturated carbocycles. The fourth-order valence-electron chi connectivity index (χ4n) is 2.75. The maximum atomic E-state index is 13.6. The molecule has 3 N–H and O–H groups in total. The largest absolute Gasteiger partial charge is 0.486 e. The second kappa shape index (κ2) is 9.47. The van der Waals surface area contributed by atoms with E-state index in [1.807, 2.05) is 13.8 Å². The minimum absolute atomic E-state index is 0.170. The van der Waals surface area contributed by atoms with Crippen molar-refractivity contribution in [3.8, 4) is 5.75 Å². The van der Waals surface area contributed by atoms with Gasteiger partial charge in [0.1, 0.15) is 6.10 Å². The van der Waals surface area contributed by atoms with Gasteiger partial charge in [-0.3, -0.25) is 0 Å². The number of hydrogen-bond acceptors (Lipinski definition) is 3. The Morgan fingerprint density at radius 2 is 2.04 bits per heavy atom. The molecule has 6 heteroatoms. The lowest BCUT2D eigenvalue weighted by Crippen LogP contribution is -2.45. The van der Waals surface area contributed by atoms with E-state index in [1.54, 1.807) is 18.2 Å². The first-order chi connectivity index (χ1) is 11.6. The summed E-state index contributed by atoms with van der Waals surface area (Å²) in [6.07, 6.45) is 3.12. The molecule has 0 heterocycles. The number of nitrogens with zero attached hydrogens (tertiary/aromatic N) is 1. The number of halogens is 1. The van der Waals surface area contributed by atoms with Gasteiger partial charge in [0.05, 0.1) is 12.6 Å². The molecule has 0 aromatic heterocycles. The molecule has 1 atom stereocenters. The Labute approximate surface area is 143 Å². The van der Waals surface area contributed by atoms with Gasteiger partial charge in [-0.1, -0.05) is 12.1 Å². The number of rotatable bonds is 6. The van der Waals surface area contributed by atoms with Crippen molar-refractivity contribution in [2.75, 3.05) is 13.1 Å². The van der Waals surface area contributed by atoms with Crippen LogP contribution >= 0.6 is 0 Å². The molecular weight excluding hydrogens is 309 g/mol. The van der Waals surface area contributed by atoms with Crippen LogP contribution in [0.25, 0.3) is 0 Å². The van der Waals surface area contributed by atoms with Crippen LogP contribution in [-0.2, 0) is 0 Å². The van der Waals surface area contributed by atoms with Gasteiger partial charge in [0.2, 0.25) is 0 Å². The van der Waals surface area contributed by atoms with Crippen LogP contribution in [0.15, 0.2) is 29.3 Å². The Bertz CT molecular complexity index is 531. The maximum absolute atomic E-state index is 13.6. The number of ether oxygens (including phenoxy) is 1. The zero-order chi connectivity index (χ0) is 17.4. The predicted molar refractivity (Wildman–Crippen MR) is 93.9 cm³/mol. The zero-order valence-corrected chi connectivity index (χ0v) is 14.5. The van der Waals surface area contributed by atoms with Crippen LogP contribution in [-0.4, -0.2) is 42.4 Å². The molecule has 5 nitrogen and oxygen atoms in total. The van der Waals surface area contributed by atoms with Crippen molar-refractivity contribution in [3.63, 3.8) is 0 Å². The number of para-hydroxylation sites is 1. The summed E-state index contributed by atoms with van der Waals surface area (Å²) in [7, 11) is 0. The molecule has 0 spiro atoms. The Morgan fingerprint density at radius 3 is 2.71 bits per heavy atom. The summed E-state index contributed by atoms with van der Waals surface area (Å²) in [5, 5.41) is 16.2. The molecule has 1 aliphatic rings. The molecule has 0 bridgehead atoms. The summed E-state index contributed by atoms with van der Waals surface area (Å²) in [5.74, 6) is 0.626. The topological polar surface area (TPSA) is 65.9 Å². The molecule has 2 rings (SSSR count). The van der Waals surface area contributed by atoms with Gasteiger partial charge >= 0.3 is 0 Å². The Hall–Kier alpha value is -1.82. The highest BCUT2D eigenvalue weighted by Crippen LogP contribution is 2.18. The third kappa shape index (κ3) is 6.00. The van der Waals surface area contributed by atoms with Crippen molar-refractivity contribution < 1.29 is 14.2 Å². The molecule has 1 fully saturated rings. The molecule has 1 aliphatic carbocycles. The van der Waals surface area contributed by atoms with Crippen LogP contribution in [0.3, 0.4) is 0 Å². The van der Waals surface area contributed by atoms with Gasteiger partial charge in [-0.25, -0.2) is 9.38 Å². The third-order valence-electron chi connectivity index (χ3n) is 4.05. The van der Waals surface area contributed by atoms with Crippen molar-refractivity contribution in [1.82, 2.24) is 10.6 Å². The van der Waals surface area contributed by atoms with E-state index in [-0.39, 0.29) is 23.8 Å². The van der Waals surface area contributed by atoms with Crippen LogP contribution in [0.4, 0.5) is 4.39 Å². The van der Waals surface area contributed by atoms with Crippen LogP contribution in [0.1, 0.15) is 39.5 Å². The quantitative estimate of drug-likeness (QED) is 0.551. The second-order valence-corrected chi connectivity index (χ2v) is 6.23. The Morgan fingerprint density at radius 1 is 1.33 bits per heavy atom. The van der Waals surface area contributed by atoms with E-state index >= 15 is 0 Å². The fraction of sp³-hybridized carbons (Fsp3) is 0.611. The molecule has 0 radical (unpaired) electrons. The number of nitrogens with one attached hydrogen (secondary N) is 2. The lowest BCUT2D eigenvalue weighted by molar-refractivity contribution is 0.120. The van der Waals surface area contributed by atoms with Crippen molar-refractivity contribution in [2.24, 2.45) is 4.99 Å². The van der Waals surface area contributed by atoms with Gasteiger partial charge in [0, 0.05) is 12.6 Å². The smallest absolute Gasteiger partial charge is 0.191 e. The fourth-order valence-corrected chi connectivity index (χ4v) is 2.75. The molecule has 0 saturated heterocycles. The van der Waals surface area contributed by atoms with E-state index in [0.717, 1.165) is 38.2 Å². The summed E-state index contributed by atoms with van der Waals surface area (Å²) < 4.78 is 19.2. The van der Waals surface area contributed by atoms with E-state index < -0.39 is 0 Å². The van der Waals surface area contributed by atoms with Gasteiger partial charge in [0.25, 0.3) is 0 Å². The summed E-state index contributed by atoms with van der Waals surface area (Å²) >= 11 is 0. The number of aliphatic imine (C=N–C) groups is 1. The first-order valence-electron chi connectivity index (χ1n) is 8.72. The van der Waals surface area contributed by atoms with Gasteiger partial charge < -0.3 is 20.5 Å². The minimum atomic E-state index is -0.362. The molecule has 1 aromatic rings. The number of aliphatic hydroxyl groups excluding tert-OH is 1. The van der Waals surface area contributed by atoms with Gasteiger partial charge in [-0.15, -0.1) is 0 Å². The van der Waals surface area contributed by atoms with Crippen LogP contribution in [0, 0.1) is 5.82 Å². The maximum Gasteiger partial charge on any atom is 0.191 e. The number of benzene rings is 1. The van der Waals surface area contributed by atoms with Gasteiger partial charge in [-0.05, 0) is 51.7 Å². The normalized spacial score (nSPS) is 22.8. The Balaban J connectivity index is 1.86. The van der Waals surface area contributed by atoms with Crippen LogP contribution in [0.2, 0.25) is 0 Å². The Kier molecular flexibility index (Phi) is 7.31. The number of aliphatic hydroxyl groups is 1. The first-order valence-corrected chi connectivity index (χ1v) is 8.72. The first kappa shape index (κ1) is 18.5. The summed E-state index contributed by atoms with van der Waals surface area (Å²) in [5.41, 5.74) is 0. The lowest BCUT2D eigenvalue weighted by Gasteiger charge is -2.27. The number of guanidine groups is 1. The summed E-state index contributed by atoms with van der Waals surface area (Å²) in [6, 6.07) is 6.71. The average Bonchev–Trinajstić information content (AvgIpc) is 2.57. The molecule has 1 aromatic carbocycles. The monoisotopic (exact) mass is 337 g/mol.